The SMILES string of the molecule is O=C(CN1C[C@@H]2CC(O)(Cc3ccc(F)cc3)C[C@@H]2C1)c1ccc(O)c(F)c1. The summed E-state index contributed by atoms with van der Waals surface area (Å²) in [6, 6.07) is 9.93. The van der Waals surface area contributed by atoms with E-state index in [0.29, 0.717) is 31.1 Å². The highest BCUT2D eigenvalue weighted by atomic mass is 19.1. The number of carbonyl (C=O) groups is 1. The van der Waals surface area contributed by atoms with Gasteiger partial charge in [0.25, 0.3) is 0 Å². The highest BCUT2D eigenvalue weighted by Crippen LogP contribution is 2.45. The number of nitrogens with zero attached hydrogens (tertiary/aromatic N) is 1. The van der Waals surface area contributed by atoms with Gasteiger partial charge in [-0.25, -0.2) is 8.78 Å². The maximum atomic E-state index is 13.5. The van der Waals surface area contributed by atoms with E-state index in [1.54, 1.807) is 12.1 Å². The van der Waals surface area contributed by atoms with Crippen molar-refractivity contribution >= 4 is 5.78 Å². The molecular weight excluding hydrogens is 364 g/mol. The van der Waals surface area contributed by atoms with Crippen LogP contribution in [0.5, 0.6) is 5.75 Å². The van der Waals surface area contributed by atoms with Gasteiger partial charge < -0.3 is 10.2 Å². The number of carbonyl (C=O) groups excluding carboxylic acids is 1. The molecule has 0 amide bonds. The van der Waals surface area contributed by atoms with Crippen molar-refractivity contribution in [3.8, 4) is 5.75 Å². The van der Waals surface area contributed by atoms with Crippen LogP contribution in [0.4, 0.5) is 8.78 Å². The van der Waals surface area contributed by atoms with E-state index < -0.39 is 17.2 Å². The number of phenolic OH excluding ortho intramolecular Hbond substituents is 1. The molecule has 4 nitrogen and oxygen atoms in total. The second-order valence-electron chi connectivity index (χ2n) is 8.24. The van der Waals surface area contributed by atoms with Crippen molar-refractivity contribution in [2.45, 2.75) is 24.9 Å². The first-order valence-electron chi connectivity index (χ1n) is 9.52. The van der Waals surface area contributed by atoms with Gasteiger partial charge in [0.15, 0.2) is 17.3 Å². The van der Waals surface area contributed by atoms with Crippen LogP contribution in [-0.2, 0) is 6.42 Å². The minimum Gasteiger partial charge on any atom is -0.505 e. The number of benzene rings is 2. The highest BCUT2D eigenvalue weighted by molar-refractivity contribution is 5.97. The van der Waals surface area contributed by atoms with Crippen LogP contribution in [0.2, 0.25) is 0 Å². The number of halogens is 2. The molecule has 3 atom stereocenters. The van der Waals surface area contributed by atoms with Gasteiger partial charge in [-0.15, -0.1) is 0 Å². The predicted molar refractivity (Wildman–Crippen MR) is 100 cm³/mol. The largest absolute Gasteiger partial charge is 0.505 e. The fraction of sp³-hybridized carbons (Fsp3) is 0.409. The van der Waals surface area contributed by atoms with Crippen LogP contribution >= 0.6 is 0 Å². The van der Waals surface area contributed by atoms with Gasteiger partial charge in [0.2, 0.25) is 0 Å². The van der Waals surface area contributed by atoms with Gasteiger partial charge in [-0.3, -0.25) is 9.69 Å². The number of hydrogen-bond donors (Lipinski definition) is 2. The van der Waals surface area contributed by atoms with E-state index in [9.17, 15) is 23.8 Å². The van der Waals surface area contributed by atoms with Crippen molar-refractivity contribution in [2.75, 3.05) is 19.6 Å². The Bertz CT molecular complexity index is 870. The van der Waals surface area contributed by atoms with E-state index in [-0.39, 0.29) is 23.7 Å². The van der Waals surface area contributed by atoms with Crippen LogP contribution in [-0.4, -0.2) is 46.1 Å². The zero-order chi connectivity index (χ0) is 19.9. The predicted octanol–water partition coefficient (Wildman–Crippen LogP) is 3.17. The monoisotopic (exact) mass is 387 g/mol. The van der Waals surface area contributed by atoms with Crippen LogP contribution in [0, 0.1) is 23.5 Å². The Morgan fingerprint density at radius 3 is 2.32 bits per heavy atom. The molecule has 1 saturated carbocycles. The number of Topliss-reactive ketones (excluding diaryl/α,β-unsaturated/α-hetero) is 1. The number of phenols is 1. The van der Waals surface area contributed by atoms with Crippen molar-refractivity contribution < 1.29 is 23.8 Å². The van der Waals surface area contributed by atoms with Gasteiger partial charge in [0.05, 0.1) is 12.1 Å². The van der Waals surface area contributed by atoms with Crippen molar-refractivity contribution in [3.05, 3.63) is 65.2 Å². The minimum absolute atomic E-state index is 0.180. The lowest BCUT2D eigenvalue weighted by Crippen LogP contribution is -2.34. The zero-order valence-electron chi connectivity index (χ0n) is 15.4. The molecule has 4 rings (SSSR count). The van der Waals surface area contributed by atoms with Gasteiger partial charge in [0.1, 0.15) is 5.82 Å². The highest BCUT2D eigenvalue weighted by Gasteiger charge is 2.48. The zero-order valence-corrected chi connectivity index (χ0v) is 15.4. The maximum Gasteiger partial charge on any atom is 0.176 e. The smallest absolute Gasteiger partial charge is 0.176 e. The molecule has 1 heterocycles. The first kappa shape index (κ1) is 19.0. The summed E-state index contributed by atoms with van der Waals surface area (Å²) in [5.41, 5.74) is 0.383. The van der Waals surface area contributed by atoms with E-state index in [1.807, 2.05) is 0 Å². The number of hydrogen-bond acceptors (Lipinski definition) is 4. The van der Waals surface area contributed by atoms with Crippen molar-refractivity contribution in [1.82, 2.24) is 4.90 Å². The summed E-state index contributed by atoms with van der Waals surface area (Å²) in [6.07, 6.45) is 1.83. The molecule has 2 N–H and O–H groups in total. The lowest BCUT2D eigenvalue weighted by molar-refractivity contribution is 0.0355. The lowest BCUT2D eigenvalue weighted by atomic mass is 9.91. The quantitative estimate of drug-likeness (QED) is 0.774. The van der Waals surface area contributed by atoms with Gasteiger partial charge in [-0.1, -0.05) is 12.1 Å². The average Bonchev–Trinajstić information content (AvgIpc) is 3.13. The number of aromatic hydroxyl groups is 1. The number of likely N-dealkylation sites (tertiary alicyclic amines) is 1. The van der Waals surface area contributed by atoms with Crippen LogP contribution in [0.15, 0.2) is 42.5 Å². The number of aliphatic hydroxyl groups is 1. The molecule has 1 unspecified atom stereocenters. The molecule has 0 bridgehead atoms. The Morgan fingerprint density at radius 2 is 1.71 bits per heavy atom. The van der Waals surface area contributed by atoms with E-state index >= 15 is 0 Å². The topological polar surface area (TPSA) is 60.8 Å². The number of rotatable bonds is 5. The van der Waals surface area contributed by atoms with E-state index in [0.717, 1.165) is 24.7 Å². The molecule has 2 aromatic carbocycles. The molecule has 6 heteroatoms. The number of fused-ring (bicyclic) bond motifs is 1. The van der Waals surface area contributed by atoms with E-state index in [1.165, 1.54) is 24.3 Å². The Hall–Kier alpha value is -2.31. The molecular formula is C22H23F2NO3. The minimum atomic E-state index is -0.796. The summed E-state index contributed by atoms with van der Waals surface area (Å²) in [4.78, 5) is 14.5. The third kappa shape index (κ3) is 3.93. The molecule has 0 spiro atoms. The summed E-state index contributed by atoms with van der Waals surface area (Å²) >= 11 is 0. The van der Waals surface area contributed by atoms with Crippen LogP contribution in [0.3, 0.4) is 0 Å². The third-order valence-electron chi connectivity index (χ3n) is 6.02. The van der Waals surface area contributed by atoms with Crippen molar-refractivity contribution in [2.24, 2.45) is 11.8 Å². The van der Waals surface area contributed by atoms with Crippen LogP contribution in [0.1, 0.15) is 28.8 Å². The fourth-order valence-corrected chi connectivity index (χ4v) is 4.79. The standard InChI is InChI=1S/C22H23F2NO3/c23-18-4-1-14(2-5-18)8-22(28)9-16-11-25(12-17(16)10-22)13-21(27)15-3-6-20(26)19(24)7-15/h1-7,16-17,26,28H,8-13H2/t16-,17+,22?. The number of ketones is 1. The molecule has 0 aromatic heterocycles. The van der Waals surface area contributed by atoms with Crippen molar-refractivity contribution in [3.63, 3.8) is 0 Å². The van der Waals surface area contributed by atoms with Gasteiger partial charge >= 0.3 is 0 Å². The fourth-order valence-electron chi connectivity index (χ4n) is 4.79. The first-order chi connectivity index (χ1) is 13.3. The lowest BCUT2D eigenvalue weighted by Gasteiger charge is -2.26. The Balaban J connectivity index is 1.34. The molecule has 1 aliphatic carbocycles. The Morgan fingerprint density at radius 1 is 1.07 bits per heavy atom. The summed E-state index contributed by atoms with van der Waals surface area (Å²) in [7, 11) is 0. The van der Waals surface area contributed by atoms with E-state index in [2.05, 4.69) is 4.90 Å². The van der Waals surface area contributed by atoms with Gasteiger partial charge in [0, 0.05) is 25.1 Å². The maximum absolute atomic E-state index is 13.5. The molecule has 28 heavy (non-hydrogen) atoms. The summed E-state index contributed by atoms with van der Waals surface area (Å²) in [6.45, 7) is 1.65. The van der Waals surface area contributed by atoms with Gasteiger partial charge in [-0.05, 0) is 60.6 Å². The molecule has 2 aromatic rings. The molecule has 0 radical (unpaired) electrons. The van der Waals surface area contributed by atoms with Gasteiger partial charge in [-0.2, -0.15) is 0 Å². The summed E-state index contributed by atoms with van der Waals surface area (Å²) < 4.78 is 26.5. The second kappa shape index (κ2) is 7.26. The summed E-state index contributed by atoms with van der Waals surface area (Å²) in [5, 5.41) is 20.2. The normalized spacial score (nSPS) is 27.1. The van der Waals surface area contributed by atoms with Crippen molar-refractivity contribution in [1.29, 1.82) is 0 Å². The molecule has 148 valence electrons. The molecule has 2 aliphatic rings. The Kier molecular flexibility index (Phi) is 4.93. The van der Waals surface area contributed by atoms with Crippen LogP contribution < -0.4 is 0 Å². The summed E-state index contributed by atoms with van der Waals surface area (Å²) in [5.74, 6) is -1.10. The third-order valence-corrected chi connectivity index (χ3v) is 6.02. The molecule has 1 aliphatic heterocycles. The van der Waals surface area contributed by atoms with Crippen LogP contribution in [0.25, 0.3) is 0 Å². The Labute approximate surface area is 162 Å². The molecule has 2 fully saturated rings. The molecule has 1 saturated heterocycles. The second-order valence-corrected chi connectivity index (χ2v) is 8.24. The average molecular weight is 387 g/mol. The van der Waals surface area contributed by atoms with E-state index in [4.69, 9.17) is 0 Å². The first-order valence-corrected chi connectivity index (χ1v) is 9.52.